The quantitative estimate of drug-likeness (QED) is 0.382. The third-order valence-electron chi connectivity index (χ3n) is 5.33. The van der Waals surface area contributed by atoms with Crippen molar-refractivity contribution in [3.8, 4) is 11.4 Å². The number of nitrogens with one attached hydrogen (secondary N) is 1. The smallest absolute Gasteiger partial charge is 0.396 e. The van der Waals surface area contributed by atoms with Gasteiger partial charge in [-0.25, -0.2) is 9.48 Å². The molecule has 0 saturated heterocycles. The third-order valence-corrected chi connectivity index (χ3v) is 5.58. The Morgan fingerprint density at radius 2 is 1.70 bits per heavy atom. The van der Waals surface area contributed by atoms with Crippen molar-refractivity contribution in [2.24, 2.45) is 0 Å². The number of amides is 1. The van der Waals surface area contributed by atoms with Gasteiger partial charge >= 0.3 is 18.0 Å². The molecule has 0 bridgehead atoms. The molecular formula is C23H21ClF6N4O3. The van der Waals surface area contributed by atoms with Crippen LogP contribution in [0, 0.1) is 0 Å². The Morgan fingerprint density at radius 3 is 2.30 bits per heavy atom. The van der Waals surface area contributed by atoms with Gasteiger partial charge in [-0.1, -0.05) is 29.8 Å². The molecule has 0 aliphatic carbocycles. The van der Waals surface area contributed by atoms with Crippen LogP contribution in [0.25, 0.3) is 11.4 Å². The first kappa shape index (κ1) is 28.3. The van der Waals surface area contributed by atoms with Gasteiger partial charge in [-0.3, -0.25) is 9.36 Å². The maximum Gasteiger partial charge on any atom is 0.416 e. The van der Waals surface area contributed by atoms with Crippen LogP contribution in [0.5, 0.6) is 0 Å². The van der Waals surface area contributed by atoms with Gasteiger partial charge in [0.25, 0.3) is 0 Å². The average molecular weight is 551 g/mol. The summed E-state index contributed by atoms with van der Waals surface area (Å²) in [6.07, 6.45) is -10.9. The van der Waals surface area contributed by atoms with Gasteiger partial charge in [0.1, 0.15) is 6.54 Å². The van der Waals surface area contributed by atoms with E-state index in [-0.39, 0.29) is 23.4 Å². The van der Waals surface area contributed by atoms with Gasteiger partial charge < -0.3 is 10.4 Å². The molecule has 0 radical (unpaired) electrons. The van der Waals surface area contributed by atoms with E-state index < -0.39 is 61.7 Å². The summed E-state index contributed by atoms with van der Waals surface area (Å²) in [6.45, 7) is -2.10. The minimum Gasteiger partial charge on any atom is -0.396 e. The number of hydrogen-bond acceptors (Lipinski definition) is 4. The van der Waals surface area contributed by atoms with Crippen LogP contribution in [-0.2, 0) is 24.1 Å². The van der Waals surface area contributed by atoms with Crippen LogP contribution >= 0.6 is 11.6 Å². The first-order chi connectivity index (χ1) is 17.3. The van der Waals surface area contributed by atoms with Crippen molar-refractivity contribution in [2.75, 3.05) is 6.61 Å². The predicted octanol–water partition coefficient (Wildman–Crippen LogP) is 4.58. The van der Waals surface area contributed by atoms with Crippen LogP contribution in [0.3, 0.4) is 0 Å². The lowest BCUT2D eigenvalue weighted by Gasteiger charge is -2.22. The van der Waals surface area contributed by atoms with E-state index in [1.54, 1.807) is 0 Å². The minimum absolute atomic E-state index is 0.145. The Hall–Kier alpha value is -3.32. The van der Waals surface area contributed by atoms with Gasteiger partial charge in [-0.15, -0.1) is 5.10 Å². The van der Waals surface area contributed by atoms with E-state index in [4.69, 9.17) is 11.6 Å². The fourth-order valence-corrected chi connectivity index (χ4v) is 3.79. The molecule has 2 N–H and O–H groups in total. The first-order valence-corrected chi connectivity index (χ1v) is 11.2. The molecule has 1 amide bonds. The normalized spacial score (nSPS) is 13.0. The van der Waals surface area contributed by atoms with Crippen molar-refractivity contribution < 1.29 is 36.2 Å². The van der Waals surface area contributed by atoms with Crippen LogP contribution in [0.4, 0.5) is 26.3 Å². The maximum absolute atomic E-state index is 13.5. The number of benzene rings is 2. The summed E-state index contributed by atoms with van der Waals surface area (Å²) < 4.78 is 80.3. The molecule has 0 fully saturated rings. The van der Waals surface area contributed by atoms with Crippen LogP contribution < -0.4 is 11.0 Å². The van der Waals surface area contributed by atoms with Gasteiger partial charge in [-0.2, -0.15) is 26.3 Å². The van der Waals surface area contributed by atoms with E-state index >= 15 is 0 Å². The Bertz CT molecular complexity index is 1290. The highest BCUT2D eigenvalue weighted by atomic mass is 35.5. The Morgan fingerprint density at radius 1 is 1.05 bits per heavy atom. The number of aromatic nitrogens is 3. The summed E-state index contributed by atoms with van der Waals surface area (Å²) in [5.74, 6) is -1.08. The van der Waals surface area contributed by atoms with E-state index in [2.05, 4.69) is 10.4 Å². The minimum atomic E-state index is -4.73. The Kier molecular flexibility index (Phi) is 8.69. The lowest BCUT2D eigenvalue weighted by Crippen LogP contribution is -2.36. The zero-order chi connectivity index (χ0) is 27.4. The van der Waals surface area contributed by atoms with E-state index in [0.29, 0.717) is 9.70 Å². The second-order valence-corrected chi connectivity index (χ2v) is 8.44. The third kappa shape index (κ3) is 7.35. The van der Waals surface area contributed by atoms with Gasteiger partial charge in [-0.05, 0) is 42.3 Å². The van der Waals surface area contributed by atoms with Crippen molar-refractivity contribution in [1.29, 1.82) is 0 Å². The molecule has 0 aliphatic heterocycles. The monoisotopic (exact) mass is 550 g/mol. The van der Waals surface area contributed by atoms with Gasteiger partial charge in [0.2, 0.25) is 5.91 Å². The van der Waals surface area contributed by atoms with Gasteiger partial charge in [0.05, 0.1) is 18.0 Å². The molecule has 1 atom stereocenters. The molecule has 0 spiro atoms. The first-order valence-electron chi connectivity index (χ1n) is 10.9. The number of aliphatic hydroxyl groups excluding tert-OH is 1. The lowest BCUT2D eigenvalue weighted by atomic mass is 9.97. The predicted molar refractivity (Wildman–Crippen MR) is 122 cm³/mol. The zero-order valence-corrected chi connectivity index (χ0v) is 19.7. The highest BCUT2D eigenvalue weighted by Gasteiger charge is 2.35. The highest BCUT2D eigenvalue weighted by molar-refractivity contribution is 6.30. The highest BCUT2D eigenvalue weighted by Crippen LogP contribution is 2.35. The number of aliphatic hydroxyl groups is 1. The summed E-state index contributed by atoms with van der Waals surface area (Å²) in [4.78, 5) is 25.6. The van der Waals surface area contributed by atoms with Crippen molar-refractivity contribution >= 4 is 17.5 Å². The fourth-order valence-electron chi connectivity index (χ4n) is 3.67. The van der Waals surface area contributed by atoms with E-state index in [1.165, 1.54) is 36.4 Å². The molecule has 37 heavy (non-hydrogen) atoms. The molecule has 1 aromatic heterocycles. The summed E-state index contributed by atoms with van der Waals surface area (Å²) in [7, 11) is 0. The fraction of sp³-hybridized carbons (Fsp3) is 0.348. The molecule has 0 aliphatic rings. The number of halogens is 7. The van der Waals surface area contributed by atoms with E-state index in [0.717, 1.165) is 16.7 Å². The van der Waals surface area contributed by atoms with Crippen LogP contribution in [0.1, 0.15) is 30.0 Å². The van der Waals surface area contributed by atoms with Crippen LogP contribution in [0.2, 0.25) is 5.02 Å². The molecule has 0 saturated carbocycles. The van der Waals surface area contributed by atoms with Crippen molar-refractivity contribution in [1.82, 2.24) is 19.7 Å². The number of alkyl halides is 6. The molecule has 3 aromatic rings. The standard InChI is InChI=1S/C23H21ClF6N4O3/c24-15-7-5-14(6-8-15)20-32-34(21(37)33(20)11-10-22(25,26)27)13-19(36)31-18(9-12-35)16-3-1-2-4-17(16)23(28,29)30/h1-8,18,35H,9-13H2,(H,31,36). The van der Waals surface area contributed by atoms with E-state index in [1.807, 2.05) is 0 Å². The SMILES string of the molecule is O=C(Cn1nc(-c2ccc(Cl)cc2)n(CCC(F)(F)F)c1=O)NC(CCO)c1ccccc1C(F)(F)F. The van der Waals surface area contributed by atoms with Crippen LogP contribution in [0.15, 0.2) is 53.3 Å². The summed E-state index contributed by atoms with van der Waals surface area (Å²) >= 11 is 5.85. The Balaban J connectivity index is 1.91. The largest absolute Gasteiger partial charge is 0.416 e. The molecule has 7 nitrogen and oxygen atoms in total. The zero-order valence-electron chi connectivity index (χ0n) is 19.0. The summed E-state index contributed by atoms with van der Waals surface area (Å²) in [6, 6.07) is 9.00. The number of carbonyl (C=O) groups excluding carboxylic acids is 1. The summed E-state index contributed by atoms with van der Waals surface area (Å²) in [5.41, 5.74) is -2.05. The second-order valence-electron chi connectivity index (χ2n) is 8.00. The molecule has 3 rings (SSSR count). The number of rotatable bonds is 9. The average Bonchev–Trinajstić information content (AvgIpc) is 3.11. The number of carbonyl (C=O) groups is 1. The topological polar surface area (TPSA) is 89.2 Å². The molecule has 2 aromatic carbocycles. The molecule has 1 unspecified atom stereocenters. The van der Waals surface area contributed by atoms with Crippen LogP contribution in [-0.4, -0.2) is 38.1 Å². The molecular weight excluding hydrogens is 530 g/mol. The maximum atomic E-state index is 13.5. The number of nitrogens with zero attached hydrogens (tertiary/aromatic N) is 3. The van der Waals surface area contributed by atoms with Gasteiger partial charge in [0, 0.05) is 23.7 Å². The molecule has 200 valence electrons. The number of hydrogen-bond donors (Lipinski definition) is 2. The van der Waals surface area contributed by atoms with Gasteiger partial charge in [0.15, 0.2) is 5.82 Å². The molecule has 1 heterocycles. The van der Waals surface area contributed by atoms with Crippen molar-refractivity contribution in [3.63, 3.8) is 0 Å². The second kappa shape index (κ2) is 11.4. The molecule has 14 heteroatoms. The van der Waals surface area contributed by atoms with E-state index in [9.17, 15) is 41.0 Å². The van der Waals surface area contributed by atoms with Crippen molar-refractivity contribution in [2.45, 2.75) is 44.3 Å². The van der Waals surface area contributed by atoms with Crippen molar-refractivity contribution in [3.05, 3.63) is 75.2 Å². The Labute approximate surface area is 211 Å². The summed E-state index contributed by atoms with van der Waals surface area (Å²) in [5, 5.41) is 16.0. The lowest BCUT2D eigenvalue weighted by molar-refractivity contribution is -0.139.